The van der Waals surface area contributed by atoms with Gasteiger partial charge in [0.05, 0.1) is 11.3 Å². The highest BCUT2D eigenvalue weighted by atomic mass is 32.2. The SMILES string of the molecule is CCCS(=O)(=O)Nc1c(F)ccc(C(=O)c2c[nH]c3ncc(-c4cnc(C(C)C)nc4)cc23)c1F. The number of benzene rings is 1. The Hall–Kier alpha value is -3.73. The highest BCUT2D eigenvalue weighted by Gasteiger charge is 2.25. The van der Waals surface area contributed by atoms with Crippen molar-refractivity contribution >= 4 is 32.5 Å². The normalized spacial score (nSPS) is 11.8. The monoisotopic (exact) mass is 499 g/mol. The van der Waals surface area contributed by atoms with Crippen LogP contribution in [0.2, 0.25) is 0 Å². The van der Waals surface area contributed by atoms with Crippen LogP contribution < -0.4 is 4.72 Å². The Kier molecular flexibility index (Phi) is 6.62. The number of sulfonamides is 1. The third-order valence-corrected chi connectivity index (χ3v) is 6.82. The smallest absolute Gasteiger partial charge is 0.232 e. The van der Waals surface area contributed by atoms with E-state index in [-0.39, 0.29) is 23.7 Å². The number of carbonyl (C=O) groups excluding carboxylic acids is 1. The number of pyridine rings is 1. The number of H-pyrrole nitrogens is 1. The average Bonchev–Trinajstić information content (AvgIpc) is 3.25. The molecule has 2 N–H and O–H groups in total. The highest BCUT2D eigenvalue weighted by Crippen LogP contribution is 2.29. The number of halogens is 2. The Labute approximate surface area is 200 Å². The molecule has 0 aliphatic rings. The summed E-state index contributed by atoms with van der Waals surface area (Å²) in [6.07, 6.45) is 6.56. The largest absolute Gasteiger partial charge is 0.345 e. The van der Waals surface area contributed by atoms with Gasteiger partial charge in [0, 0.05) is 52.8 Å². The van der Waals surface area contributed by atoms with Crippen molar-refractivity contribution in [3.8, 4) is 11.1 Å². The van der Waals surface area contributed by atoms with Crippen molar-refractivity contribution < 1.29 is 22.0 Å². The molecule has 0 spiro atoms. The van der Waals surface area contributed by atoms with E-state index in [0.717, 1.165) is 12.1 Å². The van der Waals surface area contributed by atoms with Crippen LogP contribution in [-0.2, 0) is 10.0 Å². The van der Waals surface area contributed by atoms with Crippen LogP contribution in [0.3, 0.4) is 0 Å². The van der Waals surface area contributed by atoms with E-state index in [4.69, 9.17) is 0 Å². The van der Waals surface area contributed by atoms with Crippen molar-refractivity contribution in [1.82, 2.24) is 19.9 Å². The van der Waals surface area contributed by atoms with E-state index in [9.17, 15) is 17.6 Å². The standard InChI is InChI=1S/C24H23F2N5O3S/c1-4-7-35(33,34)31-21-19(25)6-5-16(20(21)26)22(32)18-12-30-24-17(18)8-14(9-29-24)15-10-27-23(13(2)3)28-11-15/h5-6,8-13,31H,4,7H2,1-3H3,(H,29,30). The van der Waals surface area contributed by atoms with Gasteiger partial charge in [-0.1, -0.05) is 20.8 Å². The van der Waals surface area contributed by atoms with E-state index in [1.165, 1.54) is 6.20 Å². The molecule has 1 aromatic carbocycles. The lowest BCUT2D eigenvalue weighted by atomic mass is 10.0. The number of ketones is 1. The van der Waals surface area contributed by atoms with Gasteiger partial charge in [0.2, 0.25) is 10.0 Å². The third-order valence-electron chi connectivity index (χ3n) is 5.36. The summed E-state index contributed by atoms with van der Waals surface area (Å²) in [5.41, 5.74) is 0.463. The van der Waals surface area contributed by atoms with Crippen molar-refractivity contribution in [2.45, 2.75) is 33.1 Å². The fourth-order valence-corrected chi connectivity index (χ4v) is 4.71. The van der Waals surface area contributed by atoms with Crippen LogP contribution in [0.15, 0.2) is 43.0 Å². The van der Waals surface area contributed by atoms with Crippen LogP contribution in [0, 0.1) is 11.6 Å². The van der Waals surface area contributed by atoms with Gasteiger partial charge >= 0.3 is 0 Å². The van der Waals surface area contributed by atoms with Crippen molar-refractivity contribution in [2.24, 2.45) is 0 Å². The Morgan fingerprint density at radius 2 is 1.74 bits per heavy atom. The number of aromatic amines is 1. The Balaban J connectivity index is 1.74. The quantitative estimate of drug-likeness (QED) is 0.336. The second-order valence-corrected chi connectivity index (χ2v) is 10.2. The van der Waals surface area contributed by atoms with E-state index < -0.39 is 38.7 Å². The number of hydrogen-bond donors (Lipinski definition) is 2. The maximum atomic E-state index is 15.2. The van der Waals surface area contributed by atoms with Crippen LogP contribution in [-0.4, -0.2) is 39.9 Å². The van der Waals surface area contributed by atoms with Gasteiger partial charge < -0.3 is 4.98 Å². The van der Waals surface area contributed by atoms with E-state index in [1.807, 2.05) is 18.6 Å². The number of nitrogens with zero attached hydrogens (tertiary/aromatic N) is 3. The number of fused-ring (bicyclic) bond motifs is 1. The molecular formula is C24H23F2N5O3S. The number of carbonyl (C=O) groups is 1. The zero-order valence-corrected chi connectivity index (χ0v) is 20.1. The van der Waals surface area contributed by atoms with Gasteiger partial charge in [-0.25, -0.2) is 32.2 Å². The van der Waals surface area contributed by atoms with E-state index in [2.05, 4.69) is 19.9 Å². The maximum absolute atomic E-state index is 15.2. The minimum atomic E-state index is -3.97. The van der Waals surface area contributed by atoms with E-state index >= 15 is 4.39 Å². The molecule has 0 radical (unpaired) electrons. The lowest BCUT2D eigenvalue weighted by Gasteiger charge is -2.11. The number of anilines is 1. The minimum Gasteiger partial charge on any atom is -0.345 e. The zero-order valence-electron chi connectivity index (χ0n) is 19.3. The predicted molar refractivity (Wildman–Crippen MR) is 129 cm³/mol. The molecule has 4 aromatic rings. The number of rotatable bonds is 8. The van der Waals surface area contributed by atoms with Crippen LogP contribution in [0.1, 0.15) is 54.9 Å². The molecule has 3 heterocycles. The molecule has 0 fully saturated rings. The molecule has 8 nitrogen and oxygen atoms in total. The molecule has 0 saturated carbocycles. The molecule has 0 saturated heterocycles. The molecule has 0 aliphatic heterocycles. The van der Waals surface area contributed by atoms with Crippen molar-refractivity contribution in [1.29, 1.82) is 0 Å². The average molecular weight is 500 g/mol. The molecular weight excluding hydrogens is 476 g/mol. The molecule has 0 atom stereocenters. The van der Waals surface area contributed by atoms with Gasteiger partial charge in [-0.05, 0) is 24.6 Å². The molecule has 3 aromatic heterocycles. The van der Waals surface area contributed by atoms with Crippen LogP contribution >= 0.6 is 0 Å². The van der Waals surface area contributed by atoms with Crippen molar-refractivity contribution in [2.75, 3.05) is 10.5 Å². The van der Waals surface area contributed by atoms with Crippen LogP contribution in [0.4, 0.5) is 14.5 Å². The number of aromatic nitrogens is 4. The lowest BCUT2D eigenvalue weighted by molar-refractivity contribution is 0.103. The summed E-state index contributed by atoms with van der Waals surface area (Å²) in [7, 11) is -3.97. The van der Waals surface area contributed by atoms with Gasteiger partial charge in [-0.15, -0.1) is 0 Å². The van der Waals surface area contributed by atoms with Gasteiger partial charge in [-0.2, -0.15) is 0 Å². The molecule has 4 rings (SSSR count). The summed E-state index contributed by atoms with van der Waals surface area (Å²) in [6, 6.07) is 3.54. The fraction of sp³-hybridized carbons (Fsp3) is 0.250. The zero-order chi connectivity index (χ0) is 25.3. The minimum absolute atomic E-state index is 0.0990. The second kappa shape index (κ2) is 9.49. The summed E-state index contributed by atoms with van der Waals surface area (Å²) in [6.45, 7) is 5.58. The maximum Gasteiger partial charge on any atom is 0.232 e. The number of hydrogen-bond acceptors (Lipinski definition) is 6. The van der Waals surface area contributed by atoms with Crippen molar-refractivity contribution in [3.63, 3.8) is 0 Å². The van der Waals surface area contributed by atoms with E-state index in [0.29, 0.717) is 28.0 Å². The van der Waals surface area contributed by atoms with E-state index in [1.54, 1.807) is 31.6 Å². The fourth-order valence-electron chi connectivity index (χ4n) is 3.58. The Morgan fingerprint density at radius 3 is 2.40 bits per heavy atom. The van der Waals surface area contributed by atoms with Gasteiger partial charge in [0.1, 0.15) is 23.0 Å². The van der Waals surface area contributed by atoms with Crippen LogP contribution in [0.5, 0.6) is 0 Å². The first-order valence-electron chi connectivity index (χ1n) is 10.9. The summed E-state index contributed by atoms with van der Waals surface area (Å²) in [4.78, 5) is 29.1. The van der Waals surface area contributed by atoms with Gasteiger partial charge in [-0.3, -0.25) is 9.52 Å². The van der Waals surface area contributed by atoms with Crippen LogP contribution in [0.25, 0.3) is 22.2 Å². The first kappa shape index (κ1) is 24.4. The third kappa shape index (κ3) is 4.90. The molecule has 0 aliphatic carbocycles. The Bertz CT molecular complexity index is 1520. The van der Waals surface area contributed by atoms with Gasteiger partial charge in [0.25, 0.3) is 0 Å². The number of nitrogens with one attached hydrogen (secondary N) is 2. The summed E-state index contributed by atoms with van der Waals surface area (Å²) in [5, 5.41) is 0.414. The van der Waals surface area contributed by atoms with Crippen molar-refractivity contribution in [3.05, 3.63) is 71.6 Å². The topological polar surface area (TPSA) is 118 Å². The second-order valence-electron chi connectivity index (χ2n) is 8.34. The molecule has 35 heavy (non-hydrogen) atoms. The molecule has 0 amide bonds. The summed E-state index contributed by atoms with van der Waals surface area (Å²) in [5.74, 6) is -2.62. The molecule has 0 unspecified atom stereocenters. The molecule has 0 bridgehead atoms. The molecule has 182 valence electrons. The molecule has 11 heteroatoms. The lowest BCUT2D eigenvalue weighted by Crippen LogP contribution is -2.19. The Morgan fingerprint density at radius 1 is 1.06 bits per heavy atom. The predicted octanol–water partition coefficient (Wildman–Crippen LogP) is 4.80. The first-order chi connectivity index (χ1) is 16.6. The summed E-state index contributed by atoms with van der Waals surface area (Å²) >= 11 is 0. The summed E-state index contributed by atoms with van der Waals surface area (Å²) < 4.78 is 55.5. The first-order valence-corrected chi connectivity index (χ1v) is 12.6. The highest BCUT2D eigenvalue weighted by molar-refractivity contribution is 7.92. The van der Waals surface area contributed by atoms with Gasteiger partial charge in [0.15, 0.2) is 11.6 Å².